The zero-order valence-electron chi connectivity index (χ0n) is 20.4. The van der Waals surface area contributed by atoms with E-state index in [4.69, 9.17) is 21.6 Å². The van der Waals surface area contributed by atoms with Crippen LogP contribution in [-0.2, 0) is 6.54 Å². The summed E-state index contributed by atoms with van der Waals surface area (Å²) in [5, 5.41) is 0.820. The van der Waals surface area contributed by atoms with Crippen LogP contribution in [0.4, 0.5) is 5.95 Å². The van der Waals surface area contributed by atoms with Crippen molar-refractivity contribution in [3.05, 3.63) is 63.2 Å². The number of aliphatic imine (C=N–C) groups is 1. The normalized spacial score (nSPS) is 19.0. The first-order chi connectivity index (χ1) is 15.8. The van der Waals surface area contributed by atoms with Crippen LogP contribution in [0, 0.1) is 13.8 Å². The fraction of sp³-hybridized carbons (Fsp3) is 0.429. The maximum atomic E-state index is 6.49. The Labute approximate surface area is 202 Å². The third kappa shape index (κ3) is 3.99. The van der Waals surface area contributed by atoms with Gasteiger partial charge in [-0.15, -0.1) is 0 Å². The molecular formula is C28H33ClN4. The Hall–Kier alpha value is -2.59. The SMILES string of the molecule is CC1=NC(C)C(C)=C1c1cc(C)cc2c1nc(N1CCCCC1)n2Cc1ccc(C)c(Cl)c1. The Kier molecular flexibility index (Phi) is 5.82. The molecular weight excluding hydrogens is 428 g/mol. The van der Waals surface area contributed by atoms with Gasteiger partial charge in [0.1, 0.15) is 0 Å². The Morgan fingerprint density at radius 2 is 1.76 bits per heavy atom. The summed E-state index contributed by atoms with van der Waals surface area (Å²) in [4.78, 5) is 12.6. The molecule has 2 aliphatic heterocycles. The highest BCUT2D eigenvalue weighted by Crippen LogP contribution is 2.37. The summed E-state index contributed by atoms with van der Waals surface area (Å²) in [5.41, 5.74) is 10.8. The number of halogens is 1. The Morgan fingerprint density at radius 1 is 1.00 bits per heavy atom. The third-order valence-corrected chi connectivity index (χ3v) is 7.64. The monoisotopic (exact) mass is 460 g/mol. The maximum Gasteiger partial charge on any atom is 0.206 e. The van der Waals surface area contributed by atoms with Crippen molar-refractivity contribution in [2.75, 3.05) is 18.0 Å². The number of piperidine rings is 1. The fourth-order valence-corrected chi connectivity index (χ4v) is 5.51. The van der Waals surface area contributed by atoms with Gasteiger partial charge in [-0.25, -0.2) is 4.98 Å². The zero-order valence-corrected chi connectivity index (χ0v) is 21.1. The van der Waals surface area contributed by atoms with Gasteiger partial charge in [-0.05, 0) is 94.3 Å². The molecule has 0 amide bonds. The van der Waals surface area contributed by atoms with Crippen molar-refractivity contribution in [3.63, 3.8) is 0 Å². The second kappa shape index (κ2) is 8.64. The summed E-state index contributed by atoms with van der Waals surface area (Å²) in [6.07, 6.45) is 3.74. The van der Waals surface area contributed by atoms with Crippen LogP contribution in [0.2, 0.25) is 5.02 Å². The highest BCUT2D eigenvalue weighted by Gasteiger charge is 2.26. The van der Waals surface area contributed by atoms with Gasteiger partial charge in [0.2, 0.25) is 5.95 Å². The van der Waals surface area contributed by atoms with Crippen LogP contribution >= 0.6 is 11.6 Å². The van der Waals surface area contributed by atoms with E-state index in [1.807, 2.05) is 0 Å². The van der Waals surface area contributed by atoms with Crippen molar-refractivity contribution in [3.8, 4) is 0 Å². The van der Waals surface area contributed by atoms with Crippen LogP contribution in [-0.4, -0.2) is 34.4 Å². The summed E-state index contributed by atoms with van der Waals surface area (Å²) in [5.74, 6) is 1.08. The average molecular weight is 461 g/mol. The largest absolute Gasteiger partial charge is 0.342 e. The van der Waals surface area contributed by atoms with Crippen molar-refractivity contribution in [2.24, 2.45) is 4.99 Å². The van der Waals surface area contributed by atoms with Gasteiger partial charge in [0, 0.05) is 35.0 Å². The summed E-state index contributed by atoms with van der Waals surface area (Å²) < 4.78 is 2.40. The summed E-state index contributed by atoms with van der Waals surface area (Å²) in [6.45, 7) is 13.6. The molecule has 1 aromatic heterocycles. The molecule has 3 heterocycles. The van der Waals surface area contributed by atoms with Crippen LogP contribution in [0.1, 0.15) is 62.3 Å². The first-order valence-corrected chi connectivity index (χ1v) is 12.5. The van der Waals surface area contributed by atoms with E-state index in [-0.39, 0.29) is 6.04 Å². The highest BCUT2D eigenvalue weighted by atomic mass is 35.5. The molecule has 4 nitrogen and oxygen atoms in total. The number of fused-ring (bicyclic) bond motifs is 1. The number of hydrogen-bond acceptors (Lipinski definition) is 3. The lowest BCUT2D eigenvalue weighted by Gasteiger charge is -2.28. The molecule has 0 bridgehead atoms. The molecule has 1 unspecified atom stereocenters. The van der Waals surface area contributed by atoms with Gasteiger partial charge < -0.3 is 9.47 Å². The molecule has 3 aromatic rings. The van der Waals surface area contributed by atoms with Gasteiger partial charge in [-0.2, -0.15) is 0 Å². The summed E-state index contributed by atoms with van der Waals surface area (Å²) >= 11 is 6.49. The van der Waals surface area contributed by atoms with Crippen LogP contribution in [0.25, 0.3) is 16.6 Å². The van der Waals surface area contributed by atoms with Gasteiger partial charge in [-0.1, -0.05) is 23.7 Å². The molecule has 1 saturated heterocycles. The maximum absolute atomic E-state index is 6.49. The Balaban J connectivity index is 1.72. The Morgan fingerprint density at radius 3 is 2.42 bits per heavy atom. The number of rotatable bonds is 4. The number of aryl methyl sites for hydroxylation is 2. The van der Waals surface area contributed by atoms with Crippen LogP contribution in [0.3, 0.4) is 0 Å². The van der Waals surface area contributed by atoms with Crippen LogP contribution in [0.15, 0.2) is 40.9 Å². The lowest BCUT2D eigenvalue weighted by Crippen LogP contribution is -2.32. The predicted octanol–water partition coefficient (Wildman–Crippen LogP) is 6.98. The molecule has 1 fully saturated rings. The smallest absolute Gasteiger partial charge is 0.206 e. The van der Waals surface area contributed by atoms with Gasteiger partial charge in [0.25, 0.3) is 0 Å². The van der Waals surface area contributed by atoms with Crippen LogP contribution in [0.5, 0.6) is 0 Å². The van der Waals surface area contributed by atoms with E-state index < -0.39 is 0 Å². The second-order valence-corrected chi connectivity index (χ2v) is 10.2. The van der Waals surface area contributed by atoms with E-state index in [2.05, 4.69) is 74.4 Å². The molecule has 0 radical (unpaired) electrons. The van der Waals surface area contributed by atoms with Gasteiger partial charge >= 0.3 is 0 Å². The summed E-state index contributed by atoms with van der Waals surface area (Å²) in [7, 11) is 0. The first kappa shape index (κ1) is 22.2. The molecule has 0 N–H and O–H groups in total. The van der Waals surface area contributed by atoms with E-state index in [1.54, 1.807) is 0 Å². The minimum atomic E-state index is 0.230. The van der Waals surface area contributed by atoms with Crippen molar-refractivity contribution >= 4 is 39.9 Å². The third-order valence-electron chi connectivity index (χ3n) is 7.23. The second-order valence-electron chi connectivity index (χ2n) is 9.76. The van der Waals surface area contributed by atoms with Crippen LogP contribution < -0.4 is 4.90 Å². The lowest BCUT2D eigenvalue weighted by molar-refractivity contribution is 0.560. The fourth-order valence-electron chi connectivity index (χ4n) is 5.30. The first-order valence-electron chi connectivity index (χ1n) is 12.1. The number of benzene rings is 2. The minimum Gasteiger partial charge on any atom is -0.342 e. The van der Waals surface area contributed by atoms with Crippen molar-refractivity contribution in [2.45, 2.75) is 66.5 Å². The molecule has 0 aliphatic carbocycles. The predicted molar refractivity (Wildman–Crippen MR) is 141 cm³/mol. The van der Waals surface area contributed by atoms with Gasteiger partial charge in [-0.3, -0.25) is 4.99 Å². The Bertz CT molecular complexity index is 1290. The van der Waals surface area contributed by atoms with E-state index in [0.29, 0.717) is 0 Å². The quantitative estimate of drug-likeness (QED) is 0.420. The number of nitrogens with zero attached hydrogens (tertiary/aromatic N) is 4. The molecule has 0 saturated carbocycles. The zero-order chi connectivity index (χ0) is 23.3. The summed E-state index contributed by atoms with van der Waals surface area (Å²) in [6, 6.07) is 11.2. The minimum absolute atomic E-state index is 0.230. The van der Waals surface area contributed by atoms with E-state index in [0.717, 1.165) is 47.4 Å². The van der Waals surface area contributed by atoms with E-state index >= 15 is 0 Å². The molecule has 33 heavy (non-hydrogen) atoms. The van der Waals surface area contributed by atoms with Gasteiger partial charge in [0.05, 0.1) is 23.6 Å². The molecule has 0 spiro atoms. The van der Waals surface area contributed by atoms with Gasteiger partial charge in [0.15, 0.2) is 0 Å². The number of anilines is 1. The standard InChI is InChI=1S/C28H33ClN4/c1-17-13-23(26-19(3)20(4)30-21(26)5)27-25(14-17)33(16-22-10-9-18(2)24(29)15-22)28(31-27)32-11-7-6-8-12-32/h9-10,13-15,20H,6-8,11-12,16H2,1-5H3. The molecule has 2 aromatic carbocycles. The van der Waals surface area contributed by atoms with E-state index in [9.17, 15) is 0 Å². The average Bonchev–Trinajstić information content (AvgIpc) is 3.27. The number of hydrogen-bond donors (Lipinski definition) is 0. The highest BCUT2D eigenvalue weighted by molar-refractivity contribution is 6.31. The number of aromatic nitrogens is 2. The molecule has 5 heteroatoms. The topological polar surface area (TPSA) is 33.4 Å². The number of allylic oxidation sites excluding steroid dienone is 1. The molecule has 2 aliphatic rings. The molecule has 5 rings (SSSR count). The van der Waals surface area contributed by atoms with Crippen molar-refractivity contribution < 1.29 is 0 Å². The lowest BCUT2D eigenvalue weighted by atomic mass is 9.94. The molecule has 1 atom stereocenters. The van der Waals surface area contributed by atoms with Crippen molar-refractivity contribution in [1.82, 2.24) is 9.55 Å². The molecule has 172 valence electrons. The van der Waals surface area contributed by atoms with Crippen molar-refractivity contribution in [1.29, 1.82) is 0 Å². The number of imidazole rings is 1. The van der Waals surface area contributed by atoms with E-state index in [1.165, 1.54) is 52.6 Å².